The molecule has 92 valence electrons. The minimum Gasteiger partial charge on any atom is -0.287 e. The molecule has 0 saturated heterocycles. The third-order valence-corrected chi connectivity index (χ3v) is 2.57. The largest absolute Gasteiger partial charge is 0.352 e. The maximum Gasteiger partial charge on any atom is 0.352 e. The van der Waals surface area contributed by atoms with Crippen molar-refractivity contribution in [1.29, 1.82) is 0 Å². The molecule has 0 atom stereocenters. The normalized spacial score (nSPS) is 10.3. The molecule has 0 N–H and O–H groups in total. The van der Waals surface area contributed by atoms with Crippen LogP contribution < -0.4 is 5.56 Å². The maximum atomic E-state index is 11.9. The molecular formula is C12H11N3O3. The van der Waals surface area contributed by atoms with Gasteiger partial charge in [-0.1, -0.05) is 30.3 Å². The second kappa shape index (κ2) is 4.79. The molecule has 0 fully saturated rings. The first-order valence-electron chi connectivity index (χ1n) is 5.44. The molecule has 2 rings (SSSR count). The van der Waals surface area contributed by atoms with Gasteiger partial charge < -0.3 is 0 Å². The summed E-state index contributed by atoms with van der Waals surface area (Å²) in [5.74, 6) is 0.439. The molecule has 0 aliphatic heterocycles. The fourth-order valence-electron chi connectivity index (χ4n) is 1.72. The van der Waals surface area contributed by atoms with Crippen molar-refractivity contribution in [2.24, 2.45) is 0 Å². The topological polar surface area (TPSA) is 78.0 Å². The molecular weight excluding hydrogens is 234 g/mol. The van der Waals surface area contributed by atoms with Crippen molar-refractivity contribution >= 4 is 5.69 Å². The fraction of sp³-hybridized carbons (Fsp3) is 0.167. The van der Waals surface area contributed by atoms with Crippen LogP contribution in [0.15, 0.2) is 41.3 Å². The van der Waals surface area contributed by atoms with E-state index >= 15 is 0 Å². The van der Waals surface area contributed by atoms with Crippen molar-refractivity contribution in [3.05, 3.63) is 57.0 Å². The molecule has 2 aromatic rings. The highest BCUT2D eigenvalue weighted by atomic mass is 16.6. The number of hydrogen-bond acceptors (Lipinski definition) is 4. The van der Waals surface area contributed by atoms with Crippen molar-refractivity contribution in [2.45, 2.75) is 13.5 Å². The Morgan fingerprint density at radius 3 is 2.56 bits per heavy atom. The van der Waals surface area contributed by atoms with Crippen molar-refractivity contribution in [2.75, 3.05) is 0 Å². The first-order valence-corrected chi connectivity index (χ1v) is 5.44. The van der Waals surface area contributed by atoms with Crippen LogP contribution in [-0.4, -0.2) is 14.5 Å². The van der Waals surface area contributed by atoms with Gasteiger partial charge in [0, 0.05) is 12.1 Å². The van der Waals surface area contributed by atoms with Gasteiger partial charge in [0.15, 0.2) is 0 Å². The van der Waals surface area contributed by atoms with Gasteiger partial charge in [-0.25, -0.2) is 4.98 Å². The standard InChI is InChI=1S/C12H11N3O3/c1-2-14-11(9-6-4-3-5-7-9)13-8-10(12(14)16)15(17)18/h3-8H,2H2,1H3. The second-order valence-electron chi connectivity index (χ2n) is 3.64. The summed E-state index contributed by atoms with van der Waals surface area (Å²) in [5.41, 5.74) is -0.376. The highest BCUT2D eigenvalue weighted by molar-refractivity contribution is 5.55. The molecule has 1 aromatic heterocycles. The Morgan fingerprint density at radius 2 is 2.00 bits per heavy atom. The van der Waals surface area contributed by atoms with E-state index in [9.17, 15) is 14.9 Å². The van der Waals surface area contributed by atoms with Crippen LogP contribution in [0.2, 0.25) is 0 Å². The predicted octanol–water partition coefficient (Wildman–Crippen LogP) is 1.84. The Labute approximate surface area is 103 Å². The van der Waals surface area contributed by atoms with Crippen LogP contribution in [0.3, 0.4) is 0 Å². The summed E-state index contributed by atoms with van der Waals surface area (Å²) in [4.78, 5) is 25.9. The molecule has 0 saturated carbocycles. The summed E-state index contributed by atoms with van der Waals surface area (Å²) in [7, 11) is 0. The number of aromatic nitrogens is 2. The third-order valence-electron chi connectivity index (χ3n) is 2.57. The molecule has 1 heterocycles. The summed E-state index contributed by atoms with van der Waals surface area (Å²) >= 11 is 0. The van der Waals surface area contributed by atoms with Crippen molar-refractivity contribution in [1.82, 2.24) is 9.55 Å². The lowest BCUT2D eigenvalue weighted by Crippen LogP contribution is -2.24. The molecule has 18 heavy (non-hydrogen) atoms. The lowest BCUT2D eigenvalue weighted by atomic mass is 10.2. The molecule has 0 aliphatic carbocycles. The smallest absolute Gasteiger partial charge is 0.287 e. The van der Waals surface area contributed by atoms with Crippen LogP contribution in [0.1, 0.15) is 6.92 Å². The van der Waals surface area contributed by atoms with Gasteiger partial charge in [0.05, 0.1) is 4.92 Å². The number of nitrogens with zero attached hydrogens (tertiary/aromatic N) is 3. The number of rotatable bonds is 3. The zero-order valence-corrected chi connectivity index (χ0v) is 9.74. The van der Waals surface area contributed by atoms with E-state index in [1.165, 1.54) is 4.57 Å². The van der Waals surface area contributed by atoms with Gasteiger partial charge in [-0.05, 0) is 6.92 Å². The van der Waals surface area contributed by atoms with Gasteiger partial charge in [0.25, 0.3) is 0 Å². The summed E-state index contributed by atoms with van der Waals surface area (Å²) in [6.07, 6.45) is 1.01. The lowest BCUT2D eigenvalue weighted by Gasteiger charge is -2.08. The summed E-state index contributed by atoms with van der Waals surface area (Å²) < 4.78 is 1.30. The van der Waals surface area contributed by atoms with Gasteiger partial charge in [-0.15, -0.1) is 0 Å². The number of benzene rings is 1. The minimum absolute atomic E-state index is 0.331. The van der Waals surface area contributed by atoms with Crippen LogP contribution in [-0.2, 0) is 6.54 Å². The molecule has 0 radical (unpaired) electrons. The third kappa shape index (κ3) is 2.00. The average Bonchev–Trinajstić information content (AvgIpc) is 2.39. The van der Waals surface area contributed by atoms with E-state index in [0.717, 1.165) is 11.8 Å². The monoisotopic (exact) mass is 245 g/mol. The van der Waals surface area contributed by atoms with Crippen LogP contribution in [0, 0.1) is 10.1 Å². The lowest BCUT2D eigenvalue weighted by molar-refractivity contribution is -0.386. The molecule has 0 aliphatic rings. The van der Waals surface area contributed by atoms with Gasteiger partial charge >= 0.3 is 11.2 Å². The highest BCUT2D eigenvalue weighted by Crippen LogP contribution is 2.16. The van der Waals surface area contributed by atoms with E-state index in [-0.39, 0.29) is 0 Å². The zero-order valence-electron chi connectivity index (χ0n) is 9.74. The molecule has 6 heteroatoms. The predicted molar refractivity (Wildman–Crippen MR) is 66.3 cm³/mol. The van der Waals surface area contributed by atoms with Gasteiger partial charge in [0.1, 0.15) is 12.0 Å². The maximum absolute atomic E-state index is 11.9. The first kappa shape index (κ1) is 12.0. The Bertz CT molecular complexity index is 635. The number of hydrogen-bond donors (Lipinski definition) is 0. The molecule has 0 amide bonds. The Balaban J connectivity index is 2.68. The summed E-state index contributed by atoms with van der Waals surface area (Å²) in [6.45, 7) is 2.08. The quantitative estimate of drug-likeness (QED) is 0.610. The fourth-order valence-corrected chi connectivity index (χ4v) is 1.72. The van der Waals surface area contributed by atoms with Crippen LogP contribution in [0.5, 0.6) is 0 Å². The molecule has 0 spiro atoms. The van der Waals surface area contributed by atoms with E-state index in [0.29, 0.717) is 12.4 Å². The van der Waals surface area contributed by atoms with Crippen LogP contribution in [0.4, 0.5) is 5.69 Å². The summed E-state index contributed by atoms with van der Waals surface area (Å²) in [6, 6.07) is 9.11. The van der Waals surface area contributed by atoms with Crippen LogP contribution in [0.25, 0.3) is 11.4 Å². The molecule has 6 nitrogen and oxygen atoms in total. The van der Waals surface area contributed by atoms with Gasteiger partial charge in [0.2, 0.25) is 0 Å². The van der Waals surface area contributed by atoms with E-state index < -0.39 is 16.2 Å². The van der Waals surface area contributed by atoms with Crippen LogP contribution >= 0.6 is 0 Å². The van der Waals surface area contributed by atoms with Crippen molar-refractivity contribution in [3.63, 3.8) is 0 Å². The summed E-state index contributed by atoms with van der Waals surface area (Å²) in [5, 5.41) is 10.7. The Morgan fingerprint density at radius 1 is 1.33 bits per heavy atom. The highest BCUT2D eigenvalue weighted by Gasteiger charge is 2.18. The van der Waals surface area contributed by atoms with Gasteiger partial charge in [-0.3, -0.25) is 19.5 Å². The first-order chi connectivity index (χ1) is 8.65. The second-order valence-corrected chi connectivity index (χ2v) is 3.64. The van der Waals surface area contributed by atoms with E-state index in [2.05, 4.69) is 4.98 Å². The minimum atomic E-state index is -0.712. The Kier molecular flexibility index (Phi) is 3.18. The van der Waals surface area contributed by atoms with Gasteiger partial charge in [-0.2, -0.15) is 0 Å². The van der Waals surface area contributed by atoms with E-state index in [4.69, 9.17) is 0 Å². The molecule has 0 unspecified atom stereocenters. The van der Waals surface area contributed by atoms with Crippen molar-refractivity contribution < 1.29 is 4.92 Å². The van der Waals surface area contributed by atoms with Crippen molar-refractivity contribution in [3.8, 4) is 11.4 Å². The average molecular weight is 245 g/mol. The molecule has 0 bridgehead atoms. The van der Waals surface area contributed by atoms with E-state index in [1.54, 1.807) is 19.1 Å². The Hall–Kier alpha value is -2.50. The SMILES string of the molecule is CCn1c(-c2ccccc2)ncc([N+](=O)[O-])c1=O. The number of nitro groups is 1. The van der Waals surface area contributed by atoms with E-state index in [1.807, 2.05) is 18.2 Å². The molecule has 1 aromatic carbocycles. The zero-order chi connectivity index (χ0) is 13.1.